The minimum absolute atomic E-state index is 0.107. The first-order valence-electron chi connectivity index (χ1n) is 7.71. The molecule has 1 aromatic rings. The zero-order valence-electron chi connectivity index (χ0n) is 14.2. The van der Waals surface area contributed by atoms with Crippen LogP contribution in [0, 0.1) is 0 Å². The number of aromatic nitrogens is 1. The summed E-state index contributed by atoms with van der Waals surface area (Å²) in [6.45, 7) is 6.34. The van der Waals surface area contributed by atoms with Gasteiger partial charge in [-0.2, -0.15) is 13.2 Å². The van der Waals surface area contributed by atoms with Crippen molar-refractivity contribution in [2.45, 2.75) is 44.9 Å². The molecular formula is C16H22F3N3O2. The Morgan fingerprint density at radius 2 is 2.00 bits per heavy atom. The highest BCUT2D eigenvalue weighted by Gasteiger charge is 2.34. The predicted octanol–water partition coefficient (Wildman–Crippen LogP) is 3.67. The van der Waals surface area contributed by atoms with Crippen LogP contribution in [0.5, 0.6) is 0 Å². The Balaban J connectivity index is 2.04. The predicted molar refractivity (Wildman–Crippen MR) is 82.2 cm³/mol. The molecule has 1 aromatic heterocycles. The second-order valence-electron chi connectivity index (χ2n) is 6.91. The minimum Gasteiger partial charge on any atom is -0.443 e. The zero-order valence-corrected chi connectivity index (χ0v) is 14.2. The molecular weight excluding hydrogens is 323 g/mol. The van der Waals surface area contributed by atoms with Crippen LogP contribution in [0.15, 0.2) is 18.5 Å². The van der Waals surface area contributed by atoms with Crippen LogP contribution in [-0.2, 0) is 10.9 Å². The molecule has 134 valence electrons. The Hall–Kier alpha value is -1.83. The van der Waals surface area contributed by atoms with E-state index in [1.165, 1.54) is 11.2 Å². The number of hydrazine groups is 1. The monoisotopic (exact) mass is 345 g/mol. The number of pyridine rings is 1. The number of amides is 1. The third-order valence-corrected chi connectivity index (χ3v) is 3.81. The zero-order chi connectivity index (χ0) is 18.1. The van der Waals surface area contributed by atoms with Crippen LogP contribution < -0.4 is 0 Å². The summed E-state index contributed by atoms with van der Waals surface area (Å²) < 4.78 is 43.7. The lowest BCUT2D eigenvalue weighted by atomic mass is 9.99. The average molecular weight is 345 g/mol. The Morgan fingerprint density at radius 3 is 2.58 bits per heavy atom. The van der Waals surface area contributed by atoms with Crippen molar-refractivity contribution in [3.63, 3.8) is 0 Å². The lowest BCUT2D eigenvalue weighted by Gasteiger charge is -2.30. The molecule has 24 heavy (non-hydrogen) atoms. The lowest BCUT2D eigenvalue weighted by Crippen LogP contribution is -2.44. The van der Waals surface area contributed by atoms with Crippen LogP contribution in [0.25, 0.3) is 0 Å². The molecule has 0 radical (unpaired) electrons. The fraction of sp³-hybridized carbons (Fsp3) is 0.625. The Bertz CT molecular complexity index is 599. The highest BCUT2D eigenvalue weighted by molar-refractivity contribution is 5.67. The van der Waals surface area contributed by atoms with Crippen molar-refractivity contribution in [3.05, 3.63) is 29.6 Å². The summed E-state index contributed by atoms with van der Waals surface area (Å²) in [6.07, 6.45) is -1.96. The summed E-state index contributed by atoms with van der Waals surface area (Å²) in [5, 5.41) is 3.16. The van der Waals surface area contributed by atoms with Crippen molar-refractivity contribution in [2.24, 2.45) is 0 Å². The molecule has 2 heterocycles. The van der Waals surface area contributed by atoms with Gasteiger partial charge in [0, 0.05) is 38.4 Å². The van der Waals surface area contributed by atoms with E-state index in [9.17, 15) is 18.0 Å². The Labute approximate surface area is 139 Å². The summed E-state index contributed by atoms with van der Waals surface area (Å²) >= 11 is 0. The Morgan fingerprint density at radius 1 is 1.33 bits per heavy atom. The van der Waals surface area contributed by atoms with Gasteiger partial charge in [-0.1, -0.05) is 0 Å². The van der Waals surface area contributed by atoms with Crippen LogP contribution in [0.1, 0.15) is 44.2 Å². The van der Waals surface area contributed by atoms with E-state index in [2.05, 4.69) is 4.98 Å². The van der Waals surface area contributed by atoms with Crippen LogP contribution in [0.3, 0.4) is 0 Å². The molecule has 0 unspecified atom stereocenters. The van der Waals surface area contributed by atoms with Gasteiger partial charge in [-0.15, -0.1) is 0 Å². The number of rotatable bonds is 2. The van der Waals surface area contributed by atoms with Crippen molar-refractivity contribution < 1.29 is 22.7 Å². The molecule has 8 heteroatoms. The second kappa shape index (κ2) is 6.58. The van der Waals surface area contributed by atoms with Gasteiger partial charge in [-0.25, -0.2) is 14.8 Å². The van der Waals surface area contributed by atoms with Gasteiger partial charge in [-0.05, 0) is 38.8 Å². The van der Waals surface area contributed by atoms with Crippen molar-refractivity contribution in [1.82, 2.24) is 15.0 Å². The van der Waals surface area contributed by atoms with E-state index < -0.39 is 23.4 Å². The third kappa shape index (κ3) is 4.59. The minimum atomic E-state index is -4.41. The number of alkyl halides is 3. The number of carbonyl (C=O) groups is 1. The number of halogens is 3. The summed E-state index contributed by atoms with van der Waals surface area (Å²) in [7, 11) is 1.60. The van der Waals surface area contributed by atoms with E-state index in [4.69, 9.17) is 4.74 Å². The van der Waals surface area contributed by atoms with E-state index in [0.29, 0.717) is 25.1 Å². The molecule has 1 amide bonds. The van der Waals surface area contributed by atoms with Crippen molar-refractivity contribution in [2.75, 3.05) is 20.1 Å². The molecule has 2 rings (SSSR count). The fourth-order valence-electron chi connectivity index (χ4n) is 2.57. The second-order valence-corrected chi connectivity index (χ2v) is 6.91. The number of ether oxygens (including phenoxy) is 1. The molecule has 1 fully saturated rings. The smallest absolute Gasteiger partial charge is 0.424 e. The molecule has 1 aliphatic rings. The maximum Gasteiger partial charge on any atom is 0.424 e. The van der Waals surface area contributed by atoms with E-state index in [1.54, 1.807) is 32.8 Å². The Kier molecular flexibility index (Phi) is 5.08. The molecule has 0 saturated carbocycles. The molecule has 1 saturated heterocycles. The van der Waals surface area contributed by atoms with Crippen LogP contribution >= 0.6 is 0 Å². The molecule has 0 bridgehead atoms. The van der Waals surface area contributed by atoms with Gasteiger partial charge in [0.25, 0.3) is 0 Å². The fourth-order valence-corrected chi connectivity index (χ4v) is 2.57. The quantitative estimate of drug-likeness (QED) is 0.820. The number of hydrogen-bond acceptors (Lipinski definition) is 4. The first-order chi connectivity index (χ1) is 11.0. The van der Waals surface area contributed by atoms with E-state index in [1.807, 2.05) is 0 Å². The highest BCUT2D eigenvalue weighted by atomic mass is 19.4. The van der Waals surface area contributed by atoms with Gasteiger partial charge in [-0.3, -0.25) is 4.98 Å². The first-order valence-corrected chi connectivity index (χ1v) is 7.71. The third-order valence-electron chi connectivity index (χ3n) is 3.81. The van der Waals surface area contributed by atoms with Crippen molar-refractivity contribution in [1.29, 1.82) is 0 Å². The first kappa shape index (κ1) is 18.5. The van der Waals surface area contributed by atoms with Crippen LogP contribution in [0.2, 0.25) is 0 Å². The maximum atomic E-state index is 12.8. The van der Waals surface area contributed by atoms with Gasteiger partial charge < -0.3 is 4.74 Å². The molecule has 0 N–H and O–H groups in total. The lowest BCUT2D eigenvalue weighted by molar-refractivity contribution is -0.137. The van der Waals surface area contributed by atoms with Gasteiger partial charge in [0.15, 0.2) is 0 Å². The topological polar surface area (TPSA) is 45.7 Å². The largest absolute Gasteiger partial charge is 0.443 e. The van der Waals surface area contributed by atoms with Gasteiger partial charge in [0.1, 0.15) is 5.60 Å². The maximum absolute atomic E-state index is 12.8. The molecule has 0 aromatic carbocycles. The number of nitrogens with zero attached hydrogens (tertiary/aromatic N) is 3. The van der Waals surface area contributed by atoms with Gasteiger partial charge in [0.05, 0.1) is 5.56 Å². The number of carbonyl (C=O) groups excluding carboxylic acids is 1. The highest BCUT2D eigenvalue weighted by Crippen LogP contribution is 2.33. The van der Waals surface area contributed by atoms with Crippen LogP contribution in [-0.4, -0.2) is 46.8 Å². The van der Waals surface area contributed by atoms with E-state index in [-0.39, 0.29) is 5.92 Å². The number of hydrogen-bond donors (Lipinski definition) is 0. The van der Waals surface area contributed by atoms with E-state index >= 15 is 0 Å². The molecule has 0 spiro atoms. The van der Waals surface area contributed by atoms with Gasteiger partial charge >= 0.3 is 12.3 Å². The SMILES string of the molecule is CN(C(=O)OC(C)(C)C)N1CC[C@@H](c2cncc(C(F)(F)F)c2)C1. The van der Waals surface area contributed by atoms with Gasteiger partial charge in [0.2, 0.25) is 0 Å². The van der Waals surface area contributed by atoms with Crippen molar-refractivity contribution >= 4 is 6.09 Å². The summed E-state index contributed by atoms with van der Waals surface area (Å²) in [5.41, 5.74) is -0.820. The normalized spacial score (nSPS) is 19.4. The molecule has 1 aliphatic heterocycles. The molecule has 1 atom stereocenters. The summed E-state index contributed by atoms with van der Waals surface area (Å²) in [5.74, 6) is -0.107. The van der Waals surface area contributed by atoms with Crippen molar-refractivity contribution in [3.8, 4) is 0 Å². The van der Waals surface area contributed by atoms with E-state index in [0.717, 1.165) is 12.3 Å². The molecule has 5 nitrogen and oxygen atoms in total. The average Bonchev–Trinajstić information content (AvgIpc) is 2.93. The standard InChI is InChI=1S/C16H22F3N3O2/c1-15(2,3)24-14(23)21(4)22-6-5-11(10-22)12-7-13(9-20-8-12)16(17,18)19/h7-9,11H,5-6,10H2,1-4H3/t11-/m1/s1. The summed E-state index contributed by atoms with van der Waals surface area (Å²) in [6, 6.07) is 1.13. The van der Waals surface area contributed by atoms with Crippen LogP contribution in [0.4, 0.5) is 18.0 Å². The summed E-state index contributed by atoms with van der Waals surface area (Å²) in [4.78, 5) is 15.8. The molecule has 0 aliphatic carbocycles.